The lowest BCUT2D eigenvalue weighted by Gasteiger charge is -2.20. The number of aryl methyl sites for hydroxylation is 1. The van der Waals surface area contributed by atoms with Crippen LogP contribution in [0.3, 0.4) is 0 Å². The molecule has 0 saturated carbocycles. The number of rotatable bonds is 4. The molecule has 0 spiro atoms. The van der Waals surface area contributed by atoms with Crippen LogP contribution in [0.15, 0.2) is 23.2 Å². The number of guanidine groups is 1. The maximum absolute atomic E-state index is 4.45. The average molecular weight is 248 g/mol. The van der Waals surface area contributed by atoms with Crippen LogP contribution in [0.25, 0.3) is 0 Å². The summed E-state index contributed by atoms with van der Waals surface area (Å²) in [6, 6.07) is 6.42. The zero-order valence-corrected chi connectivity index (χ0v) is 12.0. The topological polar surface area (TPSA) is 49.3 Å². The summed E-state index contributed by atoms with van der Waals surface area (Å²) in [7, 11) is 1.78. The second-order valence-electron chi connectivity index (χ2n) is 4.87. The van der Waals surface area contributed by atoms with Gasteiger partial charge in [0.05, 0.1) is 12.2 Å². The van der Waals surface area contributed by atoms with Gasteiger partial charge >= 0.3 is 0 Å². The van der Waals surface area contributed by atoms with E-state index in [9.17, 15) is 0 Å². The molecular formula is C14H24N4. The van der Waals surface area contributed by atoms with Crippen molar-refractivity contribution in [3.63, 3.8) is 0 Å². The number of hydrogen-bond donors (Lipinski definition) is 2. The van der Waals surface area contributed by atoms with E-state index in [1.54, 1.807) is 7.05 Å². The van der Waals surface area contributed by atoms with Crippen molar-refractivity contribution < 1.29 is 0 Å². The fraction of sp³-hybridized carbons (Fsp3) is 0.571. The van der Waals surface area contributed by atoms with Gasteiger partial charge in [-0.3, -0.25) is 9.98 Å². The van der Waals surface area contributed by atoms with Crippen LogP contribution in [-0.2, 0) is 6.54 Å². The standard InChI is InChI=1S/C14H24N4/c1-10(2)12(4)18-14(15-5)16-9-13-8-6-7-11(3)17-13/h6-8,10,12H,9H2,1-5H3,(H2,15,16,18). The van der Waals surface area contributed by atoms with Crippen molar-refractivity contribution in [2.24, 2.45) is 10.9 Å². The SMILES string of the molecule is CN=C(NCc1cccc(C)n1)NC(C)C(C)C. The zero-order chi connectivity index (χ0) is 13.5. The van der Waals surface area contributed by atoms with Crippen molar-refractivity contribution in [3.8, 4) is 0 Å². The number of pyridine rings is 1. The molecule has 4 heteroatoms. The Bertz CT molecular complexity index is 399. The lowest BCUT2D eigenvalue weighted by Crippen LogP contribution is -2.44. The van der Waals surface area contributed by atoms with Crippen LogP contribution in [0, 0.1) is 12.8 Å². The van der Waals surface area contributed by atoms with Crippen LogP contribution in [0.1, 0.15) is 32.2 Å². The van der Waals surface area contributed by atoms with Gasteiger partial charge in [-0.2, -0.15) is 0 Å². The van der Waals surface area contributed by atoms with E-state index in [0.29, 0.717) is 18.5 Å². The van der Waals surface area contributed by atoms with E-state index in [-0.39, 0.29) is 0 Å². The molecule has 0 aliphatic rings. The molecule has 1 atom stereocenters. The first-order valence-electron chi connectivity index (χ1n) is 6.42. The second kappa shape index (κ2) is 6.99. The van der Waals surface area contributed by atoms with E-state index in [0.717, 1.165) is 17.3 Å². The average Bonchev–Trinajstić information content (AvgIpc) is 2.34. The Balaban J connectivity index is 2.50. The lowest BCUT2D eigenvalue weighted by atomic mass is 10.1. The highest BCUT2D eigenvalue weighted by atomic mass is 15.2. The minimum absolute atomic E-state index is 0.390. The summed E-state index contributed by atoms with van der Waals surface area (Å²) in [5.41, 5.74) is 2.06. The Morgan fingerprint density at radius 1 is 1.33 bits per heavy atom. The first-order chi connectivity index (χ1) is 8.52. The molecule has 1 aromatic heterocycles. The van der Waals surface area contributed by atoms with E-state index in [1.165, 1.54) is 0 Å². The summed E-state index contributed by atoms with van der Waals surface area (Å²) in [5.74, 6) is 1.39. The van der Waals surface area contributed by atoms with Crippen LogP contribution in [0.5, 0.6) is 0 Å². The van der Waals surface area contributed by atoms with Gasteiger partial charge in [0.15, 0.2) is 5.96 Å². The molecule has 4 nitrogen and oxygen atoms in total. The lowest BCUT2D eigenvalue weighted by molar-refractivity contribution is 0.480. The Morgan fingerprint density at radius 2 is 2.06 bits per heavy atom. The van der Waals surface area contributed by atoms with Crippen LogP contribution >= 0.6 is 0 Å². The molecule has 0 bridgehead atoms. The smallest absolute Gasteiger partial charge is 0.191 e. The van der Waals surface area contributed by atoms with Gasteiger partial charge in [-0.1, -0.05) is 19.9 Å². The Hall–Kier alpha value is -1.58. The summed E-state index contributed by atoms with van der Waals surface area (Å²) < 4.78 is 0. The maximum Gasteiger partial charge on any atom is 0.191 e. The van der Waals surface area contributed by atoms with Crippen LogP contribution in [0.2, 0.25) is 0 Å². The van der Waals surface area contributed by atoms with Gasteiger partial charge in [-0.15, -0.1) is 0 Å². The van der Waals surface area contributed by atoms with Crippen molar-refractivity contribution >= 4 is 5.96 Å². The molecule has 0 aliphatic heterocycles. The first kappa shape index (κ1) is 14.5. The fourth-order valence-corrected chi connectivity index (χ4v) is 1.45. The summed E-state index contributed by atoms with van der Waals surface area (Å²) in [4.78, 5) is 8.66. The van der Waals surface area contributed by atoms with E-state index in [4.69, 9.17) is 0 Å². The minimum atomic E-state index is 0.390. The summed E-state index contributed by atoms with van der Waals surface area (Å²) in [6.45, 7) is 9.21. The highest BCUT2D eigenvalue weighted by Gasteiger charge is 2.08. The monoisotopic (exact) mass is 248 g/mol. The van der Waals surface area contributed by atoms with Crippen molar-refractivity contribution in [3.05, 3.63) is 29.6 Å². The Kier molecular flexibility index (Phi) is 5.62. The van der Waals surface area contributed by atoms with Gasteiger partial charge in [0, 0.05) is 18.8 Å². The summed E-state index contributed by atoms with van der Waals surface area (Å²) >= 11 is 0. The van der Waals surface area contributed by atoms with Gasteiger partial charge in [-0.05, 0) is 31.9 Å². The van der Waals surface area contributed by atoms with Crippen LogP contribution < -0.4 is 10.6 Å². The molecule has 18 heavy (non-hydrogen) atoms. The molecule has 1 heterocycles. The molecule has 0 amide bonds. The third kappa shape index (κ3) is 4.73. The Labute approximate surface area is 110 Å². The van der Waals surface area contributed by atoms with Crippen molar-refractivity contribution in [1.29, 1.82) is 0 Å². The van der Waals surface area contributed by atoms with Crippen molar-refractivity contribution in [2.75, 3.05) is 7.05 Å². The zero-order valence-electron chi connectivity index (χ0n) is 12.0. The molecule has 1 aromatic rings. The Morgan fingerprint density at radius 3 is 2.61 bits per heavy atom. The molecule has 1 rings (SSSR count). The highest BCUT2D eigenvalue weighted by Crippen LogP contribution is 2.00. The quantitative estimate of drug-likeness (QED) is 0.634. The number of nitrogens with zero attached hydrogens (tertiary/aromatic N) is 2. The van der Waals surface area contributed by atoms with Crippen molar-refractivity contribution in [1.82, 2.24) is 15.6 Å². The predicted molar refractivity (Wildman–Crippen MR) is 76.6 cm³/mol. The van der Waals surface area contributed by atoms with E-state index >= 15 is 0 Å². The van der Waals surface area contributed by atoms with Gasteiger partial charge < -0.3 is 10.6 Å². The normalized spacial score (nSPS) is 13.6. The molecule has 0 fully saturated rings. The number of aliphatic imine (C=N–C) groups is 1. The number of hydrogen-bond acceptors (Lipinski definition) is 2. The first-order valence-corrected chi connectivity index (χ1v) is 6.42. The molecule has 0 saturated heterocycles. The summed E-state index contributed by atoms with van der Waals surface area (Å²) in [6.07, 6.45) is 0. The third-order valence-electron chi connectivity index (χ3n) is 2.97. The summed E-state index contributed by atoms with van der Waals surface area (Å²) in [5, 5.41) is 6.64. The number of nitrogens with one attached hydrogen (secondary N) is 2. The van der Waals surface area contributed by atoms with Gasteiger partial charge in [0.1, 0.15) is 0 Å². The van der Waals surface area contributed by atoms with Gasteiger partial charge in [0.25, 0.3) is 0 Å². The molecule has 2 N–H and O–H groups in total. The van der Waals surface area contributed by atoms with Crippen molar-refractivity contribution in [2.45, 2.75) is 40.3 Å². The van der Waals surface area contributed by atoms with Crippen LogP contribution in [0.4, 0.5) is 0 Å². The van der Waals surface area contributed by atoms with Gasteiger partial charge in [0.2, 0.25) is 0 Å². The van der Waals surface area contributed by atoms with E-state index < -0.39 is 0 Å². The molecule has 100 valence electrons. The van der Waals surface area contributed by atoms with E-state index in [1.807, 2.05) is 25.1 Å². The maximum atomic E-state index is 4.45. The van der Waals surface area contributed by atoms with Gasteiger partial charge in [-0.25, -0.2) is 0 Å². The minimum Gasteiger partial charge on any atom is -0.354 e. The largest absolute Gasteiger partial charge is 0.354 e. The third-order valence-corrected chi connectivity index (χ3v) is 2.97. The molecule has 1 unspecified atom stereocenters. The van der Waals surface area contributed by atoms with E-state index in [2.05, 4.69) is 41.4 Å². The highest BCUT2D eigenvalue weighted by molar-refractivity contribution is 5.79. The fourth-order valence-electron chi connectivity index (χ4n) is 1.45. The predicted octanol–water partition coefficient (Wildman–Crippen LogP) is 2.10. The molecule has 0 aliphatic carbocycles. The second-order valence-corrected chi connectivity index (χ2v) is 4.87. The van der Waals surface area contributed by atoms with Crippen LogP contribution in [-0.4, -0.2) is 24.0 Å². The molecule has 0 radical (unpaired) electrons. The number of aromatic nitrogens is 1. The molecule has 0 aromatic carbocycles. The molecular weight excluding hydrogens is 224 g/mol.